The van der Waals surface area contributed by atoms with Gasteiger partial charge in [-0.2, -0.15) is 0 Å². The first-order valence-electron chi connectivity index (χ1n) is 9.99. The van der Waals surface area contributed by atoms with Crippen molar-refractivity contribution in [2.75, 3.05) is 39.4 Å². The number of hydrogen-bond acceptors (Lipinski definition) is 5. The molecule has 1 aliphatic heterocycles. The normalized spacial score (nSPS) is 13.9. The van der Waals surface area contributed by atoms with E-state index in [2.05, 4.69) is 4.98 Å². The number of hydrogen-bond donors (Lipinski definition) is 0. The summed E-state index contributed by atoms with van der Waals surface area (Å²) in [7, 11) is 0. The van der Waals surface area contributed by atoms with Gasteiger partial charge in [-0.1, -0.05) is 6.07 Å². The summed E-state index contributed by atoms with van der Waals surface area (Å²) >= 11 is 0. The number of ether oxygens (including phenoxy) is 2. The van der Waals surface area contributed by atoms with Crippen LogP contribution in [0.2, 0.25) is 0 Å². The maximum Gasteiger partial charge on any atom is 0.254 e. The lowest BCUT2D eigenvalue weighted by atomic mass is 10.1. The zero-order valence-electron chi connectivity index (χ0n) is 17.0. The second-order valence-corrected chi connectivity index (χ2v) is 6.70. The van der Waals surface area contributed by atoms with Crippen molar-refractivity contribution in [3.05, 3.63) is 53.9 Å². The van der Waals surface area contributed by atoms with Gasteiger partial charge in [0.1, 0.15) is 0 Å². The van der Waals surface area contributed by atoms with E-state index >= 15 is 0 Å². The smallest absolute Gasteiger partial charge is 0.254 e. The van der Waals surface area contributed by atoms with Gasteiger partial charge in [0.2, 0.25) is 5.91 Å². The van der Waals surface area contributed by atoms with Crippen LogP contribution in [-0.4, -0.2) is 66.0 Å². The summed E-state index contributed by atoms with van der Waals surface area (Å²) in [5.74, 6) is 1.18. The van der Waals surface area contributed by atoms with E-state index in [9.17, 15) is 9.59 Å². The largest absolute Gasteiger partial charge is 0.490 e. The van der Waals surface area contributed by atoms with Gasteiger partial charge < -0.3 is 19.3 Å². The Morgan fingerprint density at radius 3 is 2.28 bits per heavy atom. The Balaban J connectivity index is 1.59. The molecular weight excluding hydrogens is 370 g/mol. The zero-order valence-corrected chi connectivity index (χ0v) is 17.0. The van der Waals surface area contributed by atoms with Crippen LogP contribution in [0.3, 0.4) is 0 Å². The molecule has 1 aliphatic rings. The molecule has 0 unspecified atom stereocenters. The number of carbonyl (C=O) groups is 2. The zero-order chi connectivity index (χ0) is 20.6. The Labute approximate surface area is 171 Å². The number of amides is 2. The molecule has 3 rings (SSSR count). The van der Waals surface area contributed by atoms with E-state index in [0.717, 1.165) is 5.69 Å². The van der Waals surface area contributed by atoms with E-state index < -0.39 is 0 Å². The summed E-state index contributed by atoms with van der Waals surface area (Å²) in [6.07, 6.45) is 1.97. The molecule has 1 aromatic heterocycles. The number of carbonyl (C=O) groups excluding carboxylic acids is 2. The minimum atomic E-state index is -0.0640. The highest BCUT2D eigenvalue weighted by Gasteiger charge is 2.25. The summed E-state index contributed by atoms with van der Waals surface area (Å²) in [5, 5.41) is 0. The van der Waals surface area contributed by atoms with Crippen LogP contribution in [0.5, 0.6) is 11.5 Å². The Bertz CT molecular complexity index is 833. The van der Waals surface area contributed by atoms with Gasteiger partial charge in [0.05, 0.1) is 19.6 Å². The third-order valence-corrected chi connectivity index (χ3v) is 4.77. The molecule has 0 saturated carbocycles. The first-order valence-corrected chi connectivity index (χ1v) is 9.99. The maximum atomic E-state index is 12.9. The molecule has 7 heteroatoms. The van der Waals surface area contributed by atoms with E-state index in [1.54, 1.807) is 34.2 Å². The molecule has 0 atom stereocenters. The lowest BCUT2D eigenvalue weighted by Gasteiger charge is -2.35. The van der Waals surface area contributed by atoms with Crippen molar-refractivity contribution in [1.29, 1.82) is 0 Å². The van der Waals surface area contributed by atoms with Crippen LogP contribution in [0.15, 0.2) is 42.6 Å². The predicted molar refractivity (Wildman–Crippen MR) is 109 cm³/mol. The second-order valence-electron chi connectivity index (χ2n) is 6.70. The number of pyridine rings is 1. The molecule has 29 heavy (non-hydrogen) atoms. The molecule has 2 aromatic rings. The lowest BCUT2D eigenvalue weighted by Crippen LogP contribution is -2.51. The minimum Gasteiger partial charge on any atom is -0.490 e. The lowest BCUT2D eigenvalue weighted by molar-refractivity contribution is -0.132. The fourth-order valence-electron chi connectivity index (χ4n) is 3.30. The van der Waals surface area contributed by atoms with Crippen molar-refractivity contribution in [3.8, 4) is 11.5 Å². The molecule has 0 radical (unpaired) electrons. The first-order chi connectivity index (χ1) is 14.1. The molecule has 154 valence electrons. The van der Waals surface area contributed by atoms with Crippen LogP contribution in [0.25, 0.3) is 0 Å². The van der Waals surface area contributed by atoms with Gasteiger partial charge in [0.15, 0.2) is 11.5 Å². The number of piperazine rings is 1. The Hall–Kier alpha value is -3.09. The topological polar surface area (TPSA) is 72.0 Å². The van der Waals surface area contributed by atoms with Crippen molar-refractivity contribution < 1.29 is 19.1 Å². The van der Waals surface area contributed by atoms with E-state index in [1.807, 2.05) is 32.0 Å². The number of rotatable bonds is 7. The highest BCUT2D eigenvalue weighted by Crippen LogP contribution is 2.29. The fourth-order valence-corrected chi connectivity index (χ4v) is 3.30. The summed E-state index contributed by atoms with van der Waals surface area (Å²) in [4.78, 5) is 33.2. The van der Waals surface area contributed by atoms with Gasteiger partial charge in [-0.25, -0.2) is 0 Å². The summed E-state index contributed by atoms with van der Waals surface area (Å²) in [5.41, 5.74) is 1.32. The van der Waals surface area contributed by atoms with Crippen LogP contribution in [0.4, 0.5) is 0 Å². The molecule has 2 amide bonds. The van der Waals surface area contributed by atoms with Crippen molar-refractivity contribution in [3.63, 3.8) is 0 Å². The number of nitrogens with zero attached hydrogens (tertiary/aromatic N) is 3. The third-order valence-electron chi connectivity index (χ3n) is 4.77. The fraction of sp³-hybridized carbons (Fsp3) is 0.409. The van der Waals surface area contributed by atoms with Crippen LogP contribution in [-0.2, 0) is 11.2 Å². The Morgan fingerprint density at radius 2 is 1.62 bits per heavy atom. The summed E-state index contributed by atoms with van der Waals surface area (Å²) < 4.78 is 11.2. The van der Waals surface area contributed by atoms with Crippen LogP contribution < -0.4 is 9.47 Å². The molecule has 2 heterocycles. The molecule has 0 bridgehead atoms. The van der Waals surface area contributed by atoms with Gasteiger partial charge in [-0.05, 0) is 44.2 Å². The van der Waals surface area contributed by atoms with Crippen molar-refractivity contribution >= 4 is 11.8 Å². The molecular formula is C22H27N3O4. The van der Waals surface area contributed by atoms with E-state index in [1.165, 1.54) is 0 Å². The third kappa shape index (κ3) is 5.25. The summed E-state index contributed by atoms with van der Waals surface area (Å²) in [6, 6.07) is 10.8. The van der Waals surface area contributed by atoms with Crippen molar-refractivity contribution in [2.45, 2.75) is 20.3 Å². The number of benzene rings is 1. The quantitative estimate of drug-likeness (QED) is 0.717. The molecule has 1 aromatic carbocycles. The molecule has 1 fully saturated rings. The van der Waals surface area contributed by atoms with Gasteiger partial charge in [0, 0.05) is 43.6 Å². The Morgan fingerprint density at radius 1 is 0.931 bits per heavy atom. The van der Waals surface area contributed by atoms with Crippen LogP contribution in [0, 0.1) is 0 Å². The maximum absolute atomic E-state index is 12.9. The molecule has 7 nitrogen and oxygen atoms in total. The average molecular weight is 397 g/mol. The average Bonchev–Trinajstić information content (AvgIpc) is 2.75. The molecule has 0 aliphatic carbocycles. The molecule has 1 saturated heterocycles. The standard InChI is InChI=1S/C22H27N3O4/c1-3-28-19-9-8-17(15-20(19)29-4-2)22(27)25-13-11-24(12-14-25)21(26)16-18-7-5-6-10-23-18/h5-10,15H,3-4,11-14,16H2,1-2H3. The van der Waals surface area contributed by atoms with E-state index in [4.69, 9.17) is 9.47 Å². The van der Waals surface area contributed by atoms with Crippen molar-refractivity contribution in [1.82, 2.24) is 14.8 Å². The highest BCUT2D eigenvalue weighted by atomic mass is 16.5. The SMILES string of the molecule is CCOc1ccc(C(=O)N2CCN(C(=O)Cc3ccccn3)CC2)cc1OCC. The number of aromatic nitrogens is 1. The summed E-state index contributed by atoms with van der Waals surface area (Å²) in [6.45, 7) is 6.87. The van der Waals surface area contributed by atoms with Gasteiger partial charge in [0.25, 0.3) is 5.91 Å². The van der Waals surface area contributed by atoms with Crippen molar-refractivity contribution in [2.24, 2.45) is 0 Å². The van der Waals surface area contributed by atoms with Gasteiger partial charge >= 0.3 is 0 Å². The van der Waals surface area contributed by atoms with E-state index in [-0.39, 0.29) is 18.2 Å². The predicted octanol–water partition coefficient (Wildman–Crippen LogP) is 2.41. The van der Waals surface area contributed by atoms with Gasteiger partial charge in [-0.3, -0.25) is 14.6 Å². The van der Waals surface area contributed by atoms with Crippen LogP contribution in [0.1, 0.15) is 29.9 Å². The van der Waals surface area contributed by atoms with Gasteiger partial charge in [-0.15, -0.1) is 0 Å². The monoisotopic (exact) mass is 397 g/mol. The minimum absolute atomic E-state index is 0.0375. The highest BCUT2D eigenvalue weighted by molar-refractivity contribution is 5.95. The van der Waals surface area contributed by atoms with E-state index in [0.29, 0.717) is 56.5 Å². The van der Waals surface area contributed by atoms with Crippen LogP contribution >= 0.6 is 0 Å². The second kappa shape index (κ2) is 9.91. The molecule has 0 N–H and O–H groups in total. The molecule has 0 spiro atoms. The Kier molecular flexibility index (Phi) is 7.05. The first kappa shape index (κ1) is 20.6.